The van der Waals surface area contributed by atoms with Crippen molar-refractivity contribution < 1.29 is 14.6 Å². The number of carboxylic acid groups (broad SMARTS) is 1. The summed E-state index contributed by atoms with van der Waals surface area (Å²) in [6, 6.07) is 0. The fraction of sp³-hybridized carbons (Fsp3) is 0.545. The largest absolute Gasteiger partial charge is 0.479 e. The van der Waals surface area contributed by atoms with Gasteiger partial charge in [0.05, 0.1) is 6.61 Å². The molecule has 0 aromatic carbocycles. The van der Waals surface area contributed by atoms with Crippen molar-refractivity contribution in [2.75, 3.05) is 6.61 Å². The van der Waals surface area contributed by atoms with E-state index in [1.165, 1.54) is 0 Å². The number of aliphatic carboxylic acids is 1. The predicted molar refractivity (Wildman–Crippen MR) is 54.1 cm³/mol. The fourth-order valence-corrected chi connectivity index (χ4v) is 1.34. The van der Waals surface area contributed by atoms with E-state index in [9.17, 15) is 4.79 Å². The molecule has 1 aliphatic rings. The highest BCUT2D eigenvalue weighted by atomic mass is 16.5. The molecule has 0 amide bonds. The van der Waals surface area contributed by atoms with Crippen LogP contribution in [0.4, 0.5) is 0 Å². The van der Waals surface area contributed by atoms with E-state index in [1.807, 2.05) is 12.2 Å². The molecule has 0 heterocycles. The van der Waals surface area contributed by atoms with Crippen LogP contribution in [0.3, 0.4) is 0 Å². The Morgan fingerprint density at radius 2 is 2.50 bits per heavy atom. The summed E-state index contributed by atoms with van der Waals surface area (Å²) in [5.41, 5.74) is 1.16. The van der Waals surface area contributed by atoms with Crippen LogP contribution in [-0.2, 0) is 9.53 Å². The molecule has 0 aromatic heterocycles. The standard InChI is InChI=1S/C11H16O3/c1-8-4-3-5-10(6-8)7-14-9(2)11(12)13/h3-5,8-9H,6-7H2,1-2H3,(H,12,13). The summed E-state index contributed by atoms with van der Waals surface area (Å²) in [5, 5.41) is 8.61. The van der Waals surface area contributed by atoms with Crippen molar-refractivity contribution in [1.82, 2.24) is 0 Å². The van der Waals surface area contributed by atoms with E-state index in [2.05, 4.69) is 13.0 Å². The Kier molecular flexibility index (Phi) is 3.89. The van der Waals surface area contributed by atoms with Crippen molar-refractivity contribution in [3.63, 3.8) is 0 Å². The molecule has 1 aliphatic carbocycles. The van der Waals surface area contributed by atoms with Crippen LogP contribution in [0.15, 0.2) is 23.8 Å². The second-order valence-corrected chi connectivity index (χ2v) is 3.68. The first-order valence-electron chi connectivity index (χ1n) is 4.80. The number of carboxylic acids is 1. The molecule has 0 aromatic rings. The monoisotopic (exact) mass is 196 g/mol. The molecule has 3 nitrogen and oxygen atoms in total. The van der Waals surface area contributed by atoms with Crippen LogP contribution in [0.25, 0.3) is 0 Å². The minimum absolute atomic E-state index is 0.419. The molecule has 1 N–H and O–H groups in total. The van der Waals surface area contributed by atoms with E-state index in [4.69, 9.17) is 9.84 Å². The number of allylic oxidation sites excluding steroid dienone is 3. The Bertz CT molecular complexity index is 266. The third-order valence-corrected chi connectivity index (χ3v) is 2.22. The summed E-state index contributed by atoms with van der Waals surface area (Å²) < 4.78 is 5.19. The molecule has 0 aliphatic heterocycles. The first-order chi connectivity index (χ1) is 6.59. The molecule has 3 heteroatoms. The highest BCUT2D eigenvalue weighted by molar-refractivity contribution is 5.71. The lowest BCUT2D eigenvalue weighted by Crippen LogP contribution is -2.21. The maximum Gasteiger partial charge on any atom is 0.332 e. The van der Waals surface area contributed by atoms with Crippen molar-refractivity contribution in [3.8, 4) is 0 Å². The van der Waals surface area contributed by atoms with Gasteiger partial charge in [0.25, 0.3) is 0 Å². The Balaban J connectivity index is 2.35. The lowest BCUT2D eigenvalue weighted by Gasteiger charge is -2.16. The van der Waals surface area contributed by atoms with Gasteiger partial charge >= 0.3 is 5.97 Å². The van der Waals surface area contributed by atoms with Crippen molar-refractivity contribution in [2.24, 2.45) is 5.92 Å². The number of hydrogen-bond donors (Lipinski definition) is 1. The normalized spacial score (nSPS) is 23.0. The van der Waals surface area contributed by atoms with Gasteiger partial charge in [-0.15, -0.1) is 0 Å². The molecular weight excluding hydrogens is 180 g/mol. The van der Waals surface area contributed by atoms with Gasteiger partial charge < -0.3 is 9.84 Å². The lowest BCUT2D eigenvalue weighted by molar-refractivity contribution is -0.148. The second-order valence-electron chi connectivity index (χ2n) is 3.68. The molecule has 0 bridgehead atoms. The Morgan fingerprint density at radius 3 is 3.07 bits per heavy atom. The minimum Gasteiger partial charge on any atom is -0.479 e. The Morgan fingerprint density at radius 1 is 1.79 bits per heavy atom. The topological polar surface area (TPSA) is 46.5 Å². The van der Waals surface area contributed by atoms with Crippen LogP contribution in [0.1, 0.15) is 20.3 Å². The van der Waals surface area contributed by atoms with Crippen molar-refractivity contribution in [3.05, 3.63) is 23.8 Å². The quantitative estimate of drug-likeness (QED) is 0.748. The highest BCUT2D eigenvalue weighted by Crippen LogP contribution is 2.18. The van der Waals surface area contributed by atoms with Crippen LogP contribution in [0.2, 0.25) is 0 Å². The maximum absolute atomic E-state index is 10.5. The summed E-state index contributed by atoms with van der Waals surface area (Å²) >= 11 is 0. The molecule has 0 saturated heterocycles. The van der Waals surface area contributed by atoms with Crippen LogP contribution in [0, 0.1) is 5.92 Å². The van der Waals surface area contributed by atoms with Gasteiger partial charge in [0.2, 0.25) is 0 Å². The van der Waals surface area contributed by atoms with E-state index in [0.717, 1.165) is 12.0 Å². The molecule has 78 valence electrons. The third kappa shape index (κ3) is 3.34. The zero-order valence-corrected chi connectivity index (χ0v) is 8.56. The van der Waals surface area contributed by atoms with Gasteiger partial charge in [-0.05, 0) is 24.8 Å². The van der Waals surface area contributed by atoms with E-state index in [-0.39, 0.29) is 0 Å². The van der Waals surface area contributed by atoms with Crippen molar-refractivity contribution in [1.29, 1.82) is 0 Å². The number of rotatable bonds is 4. The van der Waals surface area contributed by atoms with E-state index in [0.29, 0.717) is 12.5 Å². The SMILES string of the molecule is CC1C=CC=C(COC(C)C(=O)O)C1. The maximum atomic E-state index is 10.5. The molecule has 1 rings (SSSR count). The molecule has 0 spiro atoms. The van der Waals surface area contributed by atoms with Crippen LogP contribution >= 0.6 is 0 Å². The predicted octanol–water partition coefficient (Wildman–Crippen LogP) is 2.00. The Labute approximate surface area is 84.1 Å². The summed E-state index contributed by atoms with van der Waals surface area (Å²) in [4.78, 5) is 10.5. The zero-order chi connectivity index (χ0) is 10.6. The second kappa shape index (κ2) is 4.96. The highest BCUT2D eigenvalue weighted by Gasteiger charge is 2.13. The number of carbonyl (C=O) groups is 1. The van der Waals surface area contributed by atoms with Gasteiger partial charge in [-0.25, -0.2) is 4.79 Å². The van der Waals surface area contributed by atoms with Gasteiger partial charge in [0.15, 0.2) is 6.10 Å². The van der Waals surface area contributed by atoms with E-state index < -0.39 is 12.1 Å². The molecule has 0 saturated carbocycles. The molecule has 2 unspecified atom stereocenters. The van der Waals surface area contributed by atoms with Gasteiger partial charge in [0.1, 0.15) is 0 Å². The van der Waals surface area contributed by atoms with Crippen LogP contribution < -0.4 is 0 Å². The number of ether oxygens (including phenoxy) is 1. The van der Waals surface area contributed by atoms with Crippen molar-refractivity contribution in [2.45, 2.75) is 26.4 Å². The minimum atomic E-state index is -0.912. The summed E-state index contributed by atoms with van der Waals surface area (Å²) in [5.74, 6) is -0.385. The third-order valence-electron chi connectivity index (χ3n) is 2.22. The van der Waals surface area contributed by atoms with Gasteiger partial charge in [-0.2, -0.15) is 0 Å². The van der Waals surface area contributed by atoms with Crippen molar-refractivity contribution >= 4 is 5.97 Å². The van der Waals surface area contributed by atoms with Gasteiger partial charge in [0, 0.05) is 0 Å². The average Bonchev–Trinajstić information content (AvgIpc) is 2.14. The molecule has 14 heavy (non-hydrogen) atoms. The van der Waals surface area contributed by atoms with E-state index >= 15 is 0 Å². The summed E-state index contributed by atoms with van der Waals surface area (Å²) in [6.07, 6.45) is 6.36. The molecular formula is C11H16O3. The average molecular weight is 196 g/mol. The molecule has 0 fully saturated rings. The zero-order valence-electron chi connectivity index (χ0n) is 8.56. The first-order valence-corrected chi connectivity index (χ1v) is 4.80. The fourth-order valence-electron chi connectivity index (χ4n) is 1.34. The summed E-state index contributed by atoms with van der Waals surface area (Å²) in [7, 11) is 0. The molecule has 0 radical (unpaired) electrons. The van der Waals surface area contributed by atoms with Gasteiger partial charge in [-0.1, -0.05) is 25.2 Å². The van der Waals surface area contributed by atoms with Crippen LogP contribution in [0.5, 0.6) is 0 Å². The number of hydrogen-bond acceptors (Lipinski definition) is 2. The Hall–Kier alpha value is -1.09. The van der Waals surface area contributed by atoms with Gasteiger partial charge in [-0.3, -0.25) is 0 Å². The van der Waals surface area contributed by atoms with E-state index in [1.54, 1.807) is 6.92 Å². The first kappa shape index (κ1) is 11.0. The molecule has 2 atom stereocenters. The smallest absolute Gasteiger partial charge is 0.332 e. The summed E-state index contributed by atoms with van der Waals surface area (Å²) in [6.45, 7) is 4.09. The van der Waals surface area contributed by atoms with Crippen LogP contribution in [-0.4, -0.2) is 23.8 Å². The lowest BCUT2D eigenvalue weighted by atomic mass is 9.96.